The van der Waals surface area contributed by atoms with Gasteiger partial charge in [0.25, 0.3) is 0 Å². The summed E-state index contributed by atoms with van der Waals surface area (Å²) < 4.78 is 4.05. The van der Waals surface area contributed by atoms with Gasteiger partial charge in [-0.2, -0.15) is 0 Å². The Hall–Kier alpha value is -0.370. The van der Waals surface area contributed by atoms with E-state index in [9.17, 15) is 0 Å². The Morgan fingerprint density at radius 2 is 2.20 bits per heavy atom. The maximum Gasteiger partial charge on any atom is 0.0439 e. The second-order valence-corrected chi connectivity index (χ2v) is 4.43. The Morgan fingerprint density at radius 3 is 2.60 bits per heavy atom. The van der Waals surface area contributed by atoms with Crippen LogP contribution >= 0.6 is 11.5 Å². The van der Waals surface area contributed by atoms with E-state index in [1.54, 1.807) is 0 Å². The van der Waals surface area contributed by atoms with Gasteiger partial charge in [-0.3, -0.25) is 0 Å². The average Bonchev–Trinajstić information content (AvgIpc) is 2.12. The standard InChI is InChI=1S/C8H13NS/c1-8(2,3)4-7-5-9-10-6-7/h5-6H,4H2,1-3H3. The van der Waals surface area contributed by atoms with E-state index in [1.165, 1.54) is 17.1 Å². The van der Waals surface area contributed by atoms with E-state index in [1.807, 2.05) is 6.20 Å². The van der Waals surface area contributed by atoms with Crippen molar-refractivity contribution < 1.29 is 0 Å². The van der Waals surface area contributed by atoms with Gasteiger partial charge in [0.05, 0.1) is 0 Å². The van der Waals surface area contributed by atoms with Gasteiger partial charge >= 0.3 is 0 Å². The van der Waals surface area contributed by atoms with Crippen molar-refractivity contribution >= 4 is 11.5 Å². The number of rotatable bonds is 1. The molecule has 0 amide bonds. The van der Waals surface area contributed by atoms with E-state index >= 15 is 0 Å². The van der Waals surface area contributed by atoms with Crippen LogP contribution in [0.5, 0.6) is 0 Å². The molecule has 0 bridgehead atoms. The molecular weight excluding hydrogens is 142 g/mol. The highest BCUT2D eigenvalue weighted by Crippen LogP contribution is 2.20. The smallest absolute Gasteiger partial charge is 0.0439 e. The molecule has 0 saturated carbocycles. The lowest BCUT2D eigenvalue weighted by Crippen LogP contribution is -2.08. The van der Waals surface area contributed by atoms with Crippen LogP contribution in [0, 0.1) is 5.41 Å². The summed E-state index contributed by atoms with van der Waals surface area (Å²) in [7, 11) is 0. The van der Waals surface area contributed by atoms with Crippen molar-refractivity contribution in [3.63, 3.8) is 0 Å². The molecule has 0 unspecified atom stereocenters. The molecule has 0 aromatic carbocycles. The fourth-order valence-corrected chi connectivity index (χ4v) is 1.46. The molecule has 0 radical (unpaired) electrons. The monoisotopic (exact) mass is 155 g/mol. The molecule has 0 aliphatic rings. The zero-order valence-corrected chi connectivity index (χ0v) is 7.53. The first-order valence-corrected chi connectivity index (χ1v) is 4.30. The molecule has 1 aromatic rings. The van der Waals surface area contributed by atoms with Gasteiger partial charge in [0.2, 0.25) is 0 Å². The van der Waals surface area contributed by atoms with Crippen LogP contribution in [0.15, 0.2) is 11.6 Å². The van der Waals surface area contributed by atoms with E-state index in [0.29, 0.717) is 5.41 Å². The van der Waals surface area contributed by atoms with Crippen LogP contribution in [0.1, 0.15) is 26.3 Å². The summed E-state index contributed by atoms with van der Waals surface area (Å²) >= 11 is 1.53. The lowest BCUT2D eigenvalue weighted by molar-refractivity contribution is 0.411. The Balaban J connectivity index is 2.57. The van der Waals surface area contributed by atoms with Gasteiger partial charge in [-0.1, -0.05) is 20.8 Å². The molecule has 1 rings (SSSR count). The third kappa shape index (κ3) is 2.48. The minimum Gasteiger partial charge on any atom is -0.201 e. The highest BCUT2D eigenvalue weighted by Gasteiger charge is 2.11. The number of nitrogens with zero attached hydrogens (tertiary/aromatic N) is 1. The Morgan fingerprint density at radius 1 is 1.50 bits per heavy atom. The van der Waals surface area contributed by atoms with E-state index < -0.39 is 0 Å². The molecule has 0 aliphatic carbocycles. The Kier molecular flexibility index (Phi) is 2.09. The van der Waals surface area contributed by atoms with Crippen LogP contribution in [0.4, 0.5) is 0 Å². The van der Waals surface area contributed by atoms with Gasteiger partial charge in [0, 0.05) is 11.6 Å². The minimum absolute atomic E-state index is 0.392. The molecule has 0 saturated heterocycles. The first-order chi connectivity index (χ1) is 4.58. The van der Waals surface area contributed by atoms with Crippen molar-refractivity contribution in [1.29, 1.82) is 0 Å². The summed E-state index contributed by atoms with van der Waals surface area (Å²) in [5.74, 6) is 0. The van der Waals surface area contributed by atoms with Gasteiger partial charge in [0.15, 0.2) is 0 Å². The van der Waals surface area contributed by atoms with Crippen LogP contribution in [-0.2, 0) is 6.42 Å². The van der Waals surface area contributed by atoms with Gasteiger partial charge in [-0.25, -0.2) is 4.37 Å². The SMILES string of the molecule is CC(C)(C)Cc1cnsc1. The quantitative estimate of drug-likeness (QED) is 0.607. The van der Waals surface area contributed by atoms with Crippen molar-refractivity contribution in [2.45, 2.75) is 27.2 Å². The fourth-order valence-electron chi connectivity index (χ4n) is 0.926. The van der Waals surface area contributed by atoms with E-state index in [-0.39, 0.29) is 0 Å². The molecule has 0 atom stereocenters. The maximum atomic E-state index is 4.05. The largest absolute Gasteiger partial charge is 0.201 e. The molecule has 1 aromatic heterocycles. The highest BCUT2D eigenvalue weighted by molar-refractivity contribution is 7.03. The molecule has 10 heavy (non-hydrogen) atoms. The predicted octanol–water partition coefficient (Wildman–Crippen LogP) is 2.73. The van der Waals surface area contributed by atoms with E-state index in [2.05, 4.69) is 30.5 Å². The van der Waals surface area contributed by atoms with Gasteiger partial charge in [0.1, 0.15) is 0 Å². The van der Waals surface area contributed by atoms with Crippen LogP contribution in [0.25, 0.3) is 0 Å². The average molecular weight is 155 g/mol. The maximum absolute atomic E-state index is 4.05. The van der Waals surface area contributed by atoms with Crippen LogP contribution in [0.2, 0.25) is 0 Å². The fraction of sp³-hybridized carbons (Fsp3) is 0.625. The summed E-state index contributed by atoms with van der Waals surface area (Å²) in [4.78, 5) is 0. The molecule has 0 N–H and O–H groups in total. The second kappa shape index (κ2) is 2.70. The molecule has 2 heteroatoms. The zero-order valence-electron chi connectivity index (χ0n) is 6.72. The van der Waals surface area contributed by atoms with Crippen LogP contribution in [-0.4, -0.2) is 4.37 Å². The topological polar surface area (TPSA) is 12.9 Å². The van der Waals surface area contributed by atoms with Crippen LogP contribution < -0.4 is 0 Å². The molecule has 56 valence electrons. The third-order valence-corrected chi connectivity index (χ3v) is 1.85. The molecule has 0 fully saturated rings. The number of hydrogen-bond donors (Lipinski definition) is 0. The van der Waals surface area contributed by atoms with Crippen molar-refractivity contribution in [3.8, 4) is 0 Å². The van der Waals surface area contributed by atoms with Gasteiger partial charge in [-0.15, -0.1) is 0 Å². The highest BCUT2D eigenvalue weighted by atomic mass is 32.1. The third-order valence-electron chi connectivity index (χ3n) is 1.22. The summed E-state index contributed by atoms with van der Waals surface area (Å²) in [5, 5.41) is 2.12. The van der Waals surface area contributed by atoms with E-state index in [0.717, 1.165) is 6.42 Å². The molecule has 1 nitrogen and oxygen atoms in total. The number of hydrogen-bond acceptors (Lipinski definition) is 2. The predicted molar refractivity (Wildman–Crippen MR) is 45.3 cm³/mol. The minimum atomic E-state index is 0.392. The van der Waals surface area contributed by atoms with Gasteiger partial charge in [-0.05, 0) is 28.9 Å². The van der Waals surface area contributed by atoms with Crippen molar-refractivity contribution in [1.82, 2.24) is 4.37 Å². The Bertz CT molecular complexity index is 184. The van der Waals surface area contributed by atoms with Crippen molar-refractivity contribution in [2.24, 2.45) is 5.41 Å². The molecule has 0 aliphatic heterocycles. The first kappa shape index (κ1) is 7.73. The number of aromatic nitrogens is 1. The Labute approximate surface area is 66.3 Å². The summed E-state index contributed by atoms with van der Waals surface area (Å²) in [6.07, 6.45) is 3.08. The summed E-state index contributed by atoms with van der Waals surface area (Å²) in [6.45, 7) is 6.72. The van der Waals surface area contributed by atoms with Crippen LogP contribution in [0.3, 0.4) is 0 Å². The summed E-state index contributed by atoms with van der Waals surface area (Å²) in [6, 6.07) is 0. The zero-order chi connectivity index (χ0) is 7.61. The summed E-state index contributed by atoms with van der Waals surface area (Å²) in [5.41, 5.74) is 1.75. The van der Waals surface area contributed by atoms with Crippen molar-refractivity contribution in [2.75, 3.05) is 0 Å². The van der Waals surface area contributed by atoms with E-state index in [4.69, 9.17) is 0 Å². The first-order valence-electron chi connectivity index (χ1n) is 3.46. The lowest BCUT2D eigenvalue weighted by Gasteiger charge is -2.15. The molecular formula is C8H13NS. The molecule has 1 heterocycles. The van der Waals surface area contributed by atoms with Gasteiger partial charge < -0.3 is 0 Å². The molecule has 0 spiro atoms. The second-order valence-electron chi connectivity index (χ2n) is 3.77. The normalized spacial score (nSPS) is 11.9. The van der Waals surface area contributed by atoms with Crippen molar-refractivity contribution in [3.05, 3.63) is 17.1 Å². The lowest BCUT2D eigenvalue weighted by atomic mass is 9.90.